The normalized spacial score (nSPS) is 22.0. The minimum Gasteiger partial charge on any atom is -0.486 e. The Balaban J connectivity index is 1.56. The van der Waals surface area contributed by atoms with Gasteiger partial charge in [0.05, 0.1) is 18.9 Å². The molecule has 2 aliphatic heterocycles. The fourth-order valence-electron chi connectivity index (χ4n) is 3.40. The zero-order valence-electron chi connectivity index (χ0n) is 15.6. The highest BCUT2D eigenvalue weighted by molar-refractivity contribution is 5.81. The number of hydrogen-bond acceptors (Lipinski definition) is 4. The lowest BCUT2D eigenvalue weighted by Crippen LogP contribution is -2.46. The van der Waals surface area contributed by atoms with Crippen LogP contribution in [-0.4, -0.2) is 49.3 Å². The average molecular weight is 346 g/mol. The van der Waals surface area contributed by atoms with Crippen molar-refractivity contribution < 1.29 is 14.3 Å². The lowest BCUT2D eigenvalue weighted by molar-refractivity contribution is -0.140. The molecule has 1 aromatic rings. The van der Waals surface area contributed by atoms with Crippen LogP contribution in [0, 0.1) is 5.41 Å². The van der Waals surface area contributed by atoms with Gasteiger partial charge in [-0.25, -0.2) is 0 Å². The van der Waals surface area contributed by atoms with Gasteiger partial charge in [-0.2, -0.15) is 0 Å². The van der Waals surface area contributed by atoms with Crippen molar-refractivity contribution in [1.82, 2.24) is 4.90 Å². The van der Waals surface area contributed by atoms with Gasteiger partial charge in [0, 0.05) is 31.0 Å². The molecule has 0 bridgehead atoms. The molecule has 138 valence electrons. The van der Waals surface area contributed by atoms with Gasteiger partial charge in [-0.05, 0) is 25.0 Å². The van der Waals surface area contributed by atoms with E-state index in [1.807, 2.05) is 43.9 Å². The number of rotatable bonds is 4. The zero-order valence-corrected chi connectivity index (χ0v) is 15.6. The summed E-state index contributed by atoms with van der Waals surface area (Å²) in [6, 6.07) is 8.48. The van der Waals surface area contributed by atoms with Gasteiger partial charge in [0.1, 0.15) is 11.9 Å². The van der Waals surface area contributed by atoms with Crippen LogP contribution in [0.15, 0.2) is 24.3 Å². The van der Waals surface area contributed by atoms with E-state index >= 15 is 0 Å². The fraction of sp³-hybridized carbons (Fsp3) is 0.650. The highest BCUT2D eigenvalue weighted by Crippen LogP contribution is 2.29. The first-order valence-corrected chi connectivity index (χ1v) is 9.33. The van der Waals surface area contributed by atoms with Crippen molar-refractivity contribution in [2.75, 3.05) is 31.6 Å². The molecule has 2 fully saturated rings. The summed E-state index contributed by atoms with van der Waals surface area (Å²) in [7, 11) is 0. The van der Waals surface area contributed by atoms with E-state index in [1.165, 1.54) is 0 Å². The van der Waals surface area contributed by atoms with Crippen molar-refractivity contribution in [1.29, 1.82) is 0 Å². The van der Waals surface area contributed by atoms with Gasteiger partial charge in [0.15, 0.2) is 0 Å². The Bertz CT molecular complexity index is 583. The van der Waals surface area contributed by atoms with Crippen molar-refractivity contribution >= 4 is 11.6 Å². The molecule has 1 aromatic carbocycles. The minimum atomic E-state index is -0.302. The third-order valence-electron chi connectivity index (χ3n) is 4.85. The van der Waals surface area contributed by atoms with Crippen LogP contribution in [0.5, 0.6) is 5.75 Å². The fourth-order valence-corrected chi connectivity index (χ4v) is 3.40. The minimum absolute atomic E-state index is 0.147. The predicted octanol–water partition coefficient (Wildman–Crippen LogP) is 3.30. The quantitative estimate of drug-likeness (QED) is 0.909. The maximum Gasteiger partial charge on any atom is 0.227 e. The Morgan fingerprint density at radius 1 is 1.20 bits per heavy atom. The second-order valence-electron chi connectivity index (χ2n) is 8.06. The number of para-hydroxylation sites is 2. The number of likely N-dealkylation sites (tertiary alicyclic amines) is 1. The number of anilines is 1. The summed E-state index contributed by atoms with van der Waals surface area (Å²) < 4.78 is 11.5. The molecule has 0 radical (unpaired) electrons. The molecule has 2 aliphatic rings. The van der Waals surface area contributed by atoms with Gasteiger partial charge in [0.2, 0.25) is 5.91 Å². The van der Waals surface area contributed by atoms with Crippen LogP contribution < -0.4 is 10.1 Å². The highest BCUT2D eigenvalue weighted by atomic mass is 16.5. The number of carbonyl (C=O) groups excluding carboxylic acids is 1. The molecule has 3 rings (SSSR count). The van der Waals surface area contributed by atoms with E-state index in [2.05, 4.69) is 11.4 Å². The van der Waals surface area contributed by atoms with Crippen molar-refractivity contribution in [2.45, 2.75) is 52.2 Å². The number of nitrogens with one attached hydrogen (secondary N) is 1. The number of ether oxygens (including phenoxy) is 2. The topological polar surface area (TPSA) is 50.8 Å². The summed E-state index contributed by atoms with van der Waals surface area (Å²) in [5.41, 5.74) is 0.736. The highest BCUT2D eigenvalue weighted by Gasteiger charge is 2.30. The van der Waals surface area contributed by atoms with Crippen LogP contribution >= 0.6 is 0 Å². The summed E-state index contributed by atoms with van der Waals surface area (Å²) in [5, 5.41) is 3.62. The molecule has 0 aliphatic carbocycles. The second-order valence-corrected chi connectivity index (χ2v) is 8.06. The average Bonchev–Trinajstić information content (AvgIpc) is 3.09. The summed E-state index contributed by atoms with van der Waals surface area (Å²) in [6.07, 6.45) is 3.02. The Kier molecular flexibility index (Phi) is 5.52. The van der Waals surface area contributed by atoms with Gasteiger partial charge >= 0.3 is 0 Å². The number of nitrogens with zero attached hydrogens (tertiary/aromatic N) is 1. The van der Waals surface area contributed by atoms with E-state index in [1.54, 1.807) is 0 Å². The molecule has 2 heterocycles. The van der Waals surface area contributed by atoms with Gasteiger partial charge in [-0.1, -0.05) is 32.9 Å². The molecule has 0 saturated carbocycles. The summed E-state index contributed by atoms with van der Waals surface area (Å²) >= 11 is 0. The number of hydrogen-bond donors (Lipinski definition) is 1. The maximum absolute atomic E-state index is 12.4. The Morgan fingerprint density at radius 2 is 1.92 bits per heavy atom. The van der Waals surface area contributed by atoms with E-state index < -0.39 is 0 Å². The molecule has 0 aromatic heterocycles. The van der Waals surface area contributed by atoms with Gasteiger partial charge in [-0.15, -0.1) is 0 Å². The van der Waals surface area contributed by atoms with Gasteiger partial charge in [-0.3, -0.25) is 4.79 Å². The first kappa shape index (κ1) is 18.1. The standard InChI is InChI=1S/C20H30N2O3/c1-20(2,3)19(23)22-11-8-15(9-12-22)21-17-6-4-5-7-18(17)25-16-10-13-24-14-16/h4-7,15-16,21H,8-14H2,1-3H3/t16-/m0/s1. The SMILES string of the molecule is CC(C)(C)C(=O)N1CCC(Nc2ccccc2O[C@H]2CCOC2)CC1. The first-order valence-electron chi connectivity index (χ1n) is 9.33. The zero-order chi connectivity index (χ0) is 17.9. The van der Waals surface area contributed by atoms with E-state index in [-0.39, 0.29) is 17.4 Å². The summed E-state index contributed by atoms with van der Waals surface area (Å²) in [5.74, 6) is 1.14. The van der Waals surface area contributed by atoms with Crippen LogP contribution in [0.25, 0.3) is 0 Å². The molecule has 1 amide bonds. The lowest BCUT2D eigenvalue weighted by atomic mass is 9.93. The monoisotopic (exact) mass is 346 g/mol. The number of carbonyl (C=O) groups is 1. The van der Waals surface area contributed by atoms with Crippen LogP contribution in [0.1, 0.15) is 40.0 Å². The number of piperidine rings is 1. The van der Waals surface area contributed by atoms with Gasteiger partial charge < -0.3 is 19.7 Å². The predicted molar refractivity (Wildman–Crippen MR) is 99.0 cm³/mol. The molecule has 5 heteroatoms. The smallest absolute Gasteiger partial charge is 0.227 e. The molecule has 2 saturated heterocycles. The molecular weight excluding hydrogens is 316 g/mol. The van der Waals surface area contributed by atoms with Crippen LogP contribution in [-0.2, 0) is 9.53 Å². The third kappa shape index (κ3) is 4.66. The molecule has 0 spiro atoms. The van der Waals surface area contributed by atoms with Crippen molar-refractivity contribution in [3.05, 3.63) is 24.3 Å². The van der Waals surface area contributed by atoms with Crippen LogP contribution in [0.4, 0.5) is 5.69 Å². The van der Waals surface area contributed by atoms with Crippen molar-refractivity contribution in [2.24, 2.45) is 5.41 Å². The van der Waals surface area contributed by atoms with Crippen molar-refractivity contribution in [3.63, 3.8) is 0 Å². The molecule has 1 atom stereocenters. The van der Waals surface area contributed by atoms with Crippen LogP contribution in [0.3, 0.4) is 0 Å². The first-order chi connectivity index (χ1) is 11.9. The van der Waals surface area contributed by atoms with E-state index in [9.17, 15) is 4.79 Å². The molecule has 5 nitrogen and oxygen atoms in total. The Morgan fingerprint density at radius 3 is 2.56 bits per heavy atom. The molecule has 1 N–H and O–H groups in total. The molecule has 25 heavy (non-hydrogen) atoms. The largest absolute Gasteiger partial charge is 0.486 e. The Hall–Kier alpha value is -1.75. The van der Waals surface area contributed by atoms with Crippen LogP contribution in [0.2, 0.25) is 0 Å². The van der Waals surface area contributed by atoms with Crippen molar-refractivity contribution in [3.8, 4) is 5.75 Å². The summed E-state index contributed by atoms with van der Waals surface area (Å²) in [6.45, 7) is 9.03. The summed E-state index contributed by atoms with van der Waals surface area (Å²) in [4.78, 5) is 14.4. The number of amides is 1. The lowest BCUT2D eigenvalue weighted by Gasteiger charge is -2.36. The maximum atomic E-state index is 12.4. The number of benzene rings is 1. The van der Waals surface area contributed by atoms with E-state index in [0.29, 0.717) is 12.6 Å². The molecular formula is C20H30N2O3. The third-order valence-corrected chi connectivity index (χ3v) is 4.85. The van der Waals surface area contributed by atoms with Gasteiger partial charge in [0.25, 0.3) is 0 Å². The van der Waals surface area contributed by atoms with E-state index in [4.69, 9.17) is 9.47 Å². The second kappa shape index (κ2) is 7.65. The Labute approximate surface area is 150 Å². The van der Waals surface area contributed by atoms with E-state index in [0.717, 1.165) is 50.4 Å². The molecule has 0 unspecified atom stereocenters.